The van der Waals surface area contributed by atoms with Gasteiger partial charge in [0, 0.05) is 13.3 Å². The van der Waals surface area contributed by atoms with E-state index in [2.05, 4.69) is 4.74 Å². The van der Waals surface area contributed by atoms with Crippen LogP contribution in [0.1, 0.15) is 51.9 Å². The van der Waals surface area contributed by atoms with Gasteiger partial charge in [0.25, 0.3) is 5.92 Å². The normalized spacial score (nSPS) is 32.8. The molecule has 4 aliphatic rings. The maximum Gasteiger partial charge on any atom is 0.395 e. The average Bonchev–Trinajstić information content (AvgIpc) is 2.48. The molecule has 0 amide bonds. The fourth-order valence-corrected chi connectivity index (χ4v) is 5.51. The van der Waals surface area contributed by atoms with E-state index in [1.807, 2.05) is 0 Å². The minimum absolute atomic E-state index is 0.126. The van der Waals surface area contributed by atoms with Crippen molar-refractivity contribution in [1.82, 2.24) is 0 Å². The van der Waals surface area contributed by atoms with Crippen LogP contribution >= 0.6 is 0 Å². The average molecular weight is 464 g/mol. The molecule has 0 aromatic heterocycles. The van der Waals surface area contributed by atoms with E-state index >= 15 is 0 Å². The lowest BCUT2D eigenvalue weighted by Crippen LogP contribution is -2.62. The van der Waals surface area contributed by atoms with Gasteiger partial charge in [0.1, 0.15) is 30.8 Å². The summed E-state index contributed by atoms with van der Waals surface area (Å²) in [6.45, 7) is -1.11. The van der Waals surface area contributed by atoms with Gasteiger partial charge in [-0.05, 0) is 43.9 Å². The maximum absolute atomic E-state index is 13.8. The second-order valence-corrected chi connectivity index (χ2v) is 9.25. The van der Waals surface area contributed by atoms with Gasteiger partial charge in [-0.25, -0.2) is 18.4 Å². The number of rotatable bonds is 8. The van der Waals surface area contributed by atoms with Crippen molar-refractivity contribution in [2.45, 2.75) is 81.1 Å². The quantitative estimate of drug-likeness (QED) is 0.393. The number of halogens is 7. The summed E-state index contributed by atoms with van der Waals surface area (Å²) in [4.78, 5) is 24.0. The van der Waals surface area contributed by atoms with Gasteiger partial charge in [0.05, 0.1) is 0 Å². The lowest BCUT2D eigenvalue weighted by molar-refractivity contribution is -0.251. The molecule has 0 N–H and O–H groups in total. The SMILES string of the molecule is CC(F)(F)COCC(=O)OC12CC3CC(C1)CC(OC(=O)C(F)(F)CC(F)(F)F)(C3)C2. The Morgan fingerprint density at radius 1 is 0.903 bits per heavy atom. The lowest BCUT2D eigenvalue weighted by atomic mass is 9.52. The third-order valence-electron chi connectivity index (χ3n) is 5.89. The zero-order valence-corrected chi connectivity index (χ0v) is 16.7. The molecule has 178 valence electrons. The number of ether oxygens (including phenoxy) is 3. The summed E-state index contributed by atoms with van der Waals surface area (Å²) >= 11 is 0. The molecule has 4 bridgehead atoms. The first-order chi connectivity index (χ1) is 14.0. The van der Waals surface area contributed by atoms with Crippen LogP contribution in [0.3, 0.4) is 0 Å². The van der Waals surface area contributed by atoms with Gasteiger partial charge in [-0.2, -0.15) is 22.0 Å². The molecule has 4 aliphatic carbocycles. The molecule has 0 saturated heterocycles. The minimum atomic E-state index is -5.25. The van der Waals surface area contributed by atoms with E-state index in [1.54, 1.807) is 0 Å². The molecule has 0 radical (unpaired) electrons. The van der Waals surface area contributed by atoms with Crippen LogP contribution in [0.25, 0.3) is 0 Å². The van der Waals surface area contributed by atoms with Crippen molar-refractivity contribution in [2.24, 2.45) is 11.8 Å². The molecule has 4 fully saturated rings. The van der Waals surface area contributed by atoms with Crippen molar-refractivity contribution < 1.29 is 54.5 Å². The maximum atomic E-state index is 13.8. The number of carbonyl (C=O) groups is 2. The standard InChI is InChI=1S/C19H23F7O5/c1-15(20,21)10-29-7-13(27)30-16-3-11-2-12(4-16)6-17(5-11,8-16)31-14(28)18(22,23)9-19(24,25)26/h11-12H,2-10H2,1H3. The number of hydrogen-bond donors (Lipinski definition) is 0. The highest BCUT2D eigenvalue weighted by molar-refractivity contribution is 5.78. The smallest absolute Gasteiger partial charge is 0.395 e. The predicted octanol–water partition coefficient (Wildman–Crippen LogP) is 4.42. The van der Waals surface area contributed by atoms with Gasteiger partial charge in [0.2, 0.25) is 0 Å². The molecule has 2 unspecified atom stereocenters. The van der Waals surface area contributed by atoms with Gasteiger partial charge in [0.15, 0.2) is 0 Å². The van der Waals surface area contributed by atoms with E-state index in [9.17, 15) is 40.3 Å². The Kier molecular flexibility index (Phi) is 6.03. The van der Waals surface area contributed by atoms with Crippen molar-refractivity contribution in [2.75, 3.05) is 13.2 Å². The monoisotopic (exact) mass is 464 g/mol. The summed E-state index contributed by atoms with van der Waals surface area (Å²) in [5.41, 5.74) is -2.60. The molecule has 0 aromatic carbocycles. The highest BCUT2D eigenvalue weighted by Gasteiger charge is 2.63. The van der Waals surface area contributed by atoms with Crippen LogP contribution in [0.2, 0.25) is 0 Å². The lowest BCUT2D eigenvalue weighted by Gasteiger charge is -2.60. The van der Waals surface area contributed by atoms with Gasteiger partial charge < -0.3 is 14.2 Å². The molecule has 4 saturated carbocycles. The van der Waals surface area contributed by atoms with E-state index in [4.69, 9.17) is 9.47 Å². The molecule has 4 rings (SSSR count). The fourth-order valence-electron chi connectivity index (χ4n) is 5.51. The third kappa shape index (κ3) is 6.01. The summed E-state index contributed by atoms with van der Waals surface area (Å²) in [5, 5.41) is 0. The number of carbonyl (C=O) groups excluding carboxylic acids is 2. The Morgan fingerprint density at radius 2 is 1.42 bits per heavy atom. The van der Waals surface area contributed by atoms with E-state index in [-0.39, 0.29) is 31.1 Å². The molecule has 2 atom stereocenters. The molecular formula is C19H23F7O5. The van der Waals surface area contributed by atoms with Crippen LogP contribution in [0.4, 0.5) is 30.7 Å². The van der Waals surface area contributed by atoms with Gasteiger partial charge in [-0.1, -0.05) is 0 Å². The summed E-state index contributed by atoms with van der Waals surface area (Å²) in [6.07, 6.45) is -6.19. The first-order valence-corrected chi connectivity index (χ1v) is 9.86. The van der Waals surface area contributed by atoms with Crippen molar-refractivity contribution in [3.63, 3.8) is 0 Å². The highest BCUT2D eigenvalue weighted by atomic mass is 19.4. The second kappa shape index (κ2) is 7.77. The highest BCUT2D eigenvalue weighted by Crippen LogP contribution is 2.60. The van der Waals surface area contributed by atoms with Gasteiger partial charge in [-0.15, -0.1) is 0 Å². The van der Waals surface area contributed by atoms with E-state index < -0.39 is 60.8 Å². The molecule has 0 aromatic rings. The van der Waals surface area contributed by atoms with Crippen molar-refractivity contribution in [3.05, 3.63) is 0 Å². The van der Waals surface area contributed by atoms with Crippen LogP contribution < -0.4 is 0 Å². The van der Waals surface area contributed by atoms with Gasteiger partial charge in [-0.3, -0.25) is 0 Å². The largest absolute Gasteiger partial charge is 0.457 e. The zero-order chi connectivity index (χ0) is 23.3. The zero-order valence-electron chi connectivity index (χ0n) is 16.7. The van der Waals surface area contributed by atoms with E-state index in [1.165, 1.54) is 0 Å². The molecule has 12 heteroatoms. The fraction of sp³-hybridized carbons (Fsp3) is 0.895. The Hall–Kier alpha value is -1.59. The summed E-state index contributed by atoms with van der Waals surface area (Å²) in [5.74, 6) is -11.3. The third-order valence-corrected chi connectivity index (χ3v) is 5.89. The van der Waals surface area contributed by atoms with Crippen molar-refractivity contribution >= 4 is 11.9 Å². The second-order valence-electron chi connectivity index (χ2n) is 9.25. The predicted molar refractivity (Wildman–Crippen MR) is 89.4 cm³/mol. The van der Waals surface area contributed by atoms with Crippen LogP contribution in [0, 0.1) is 11.8 Å². The number of esters is 2. The number of hydrogen-bond acceptors (Lipinski definition) is 5. The molecule has 0 heterocycles. The Bertz CT molecular complexity index is 701. The summed E-state index contributed by atoms with van der Waals surface area (Å²) in [6, 6.07) is 0. The van der Waals surface area contributed by atoms with E-state index in [0.29, 0.717) is 26.2 Å². The Labute approximate surface area is 173 Å². The van der Waals surface area contributed by atoms with Crippen LogP contribution in [0.15, 0.2) is 0 Å². The van der Waals surface area contributed by atoms with E-state index in [0.717, 1.165) is 0 Å². The van der Waals surface area contributed by atoms with Gasteiger partial charge >= 0.3 is 24.0 Å². The van der Waals surface area contributed by atoms with Crippen LogP contribution in [-0.2, 0) is 23.8 Å². The molecule has 0 aliphatic heterocycles. The Morgan fingerprint density at radius 3 is 1.90 bits per heavy atom. The van der Waals surface area contributed by atoms with Crippen LogP contribution in [-0.4, -0.2) is 54.4 Å². The molecule has 31 heavy (non-hydrogen) atoms. The summed E-state index contributed by atoms with van der Waals surface area (Å²) in [7, 11) is 0. The van der Waals surface area contributed by atoms with Crippen LogP contribution in [0.5, 0.6) is 0 Å². The Balaban J connectivity index is 1.67. The van der Waals surface area contributed by atoms with Crippen molar-refractivity contribution in [3.8, 4) is 0 Å². The first-order valence-electron chi connectivity index (χ1n) is 9.86. The summed E-state index contributed by atoms with van der Waals surface area (Å²) < 4.78 is 105. The number of alkyl halides is 7. The van der Waals surface area contributed by atoms with Crippen molar-refractivity contribution in [1.29, 1.82) is 0 Å². The topological polar surface area (TPSA) is 61.8 Å². The molecule has 0 spiro atoms. The minimum Gasteiger partial charge on any atom is -0.457 e. The molecule has 5 nitrogen and oxygen atoms in total. The molecular weight excluding hydrogens is 441 g/mol. The first kappa shape index (κ1) is 24.1.